The van der Waals surface area contributed by atoms with Crippen LogP contribution in [0.2, 0.25) is 0 Å². The zero-order valence-corrected chi connectivity index (χ0v) is 12.6. The molecule has 2 rings (SSSR count). The number of benzene rings is 1. The van der Waals surface area contributed by atoms with Crippen molar-refractivity contribution in [3.8, 4) is 0 Å². The Kier molecular flexibility index (Phi) is 5.22. The number of hydrogen-bond acceptors (Lipinski definition) is 5. The smallest absolute Gasteiger partial charge is 0.341 e. The van der Waals surface area contributed by atoms with Gasteiger partial charge in [-0.05, 0) is 36.4 Å². The maximum Gasteiger partial charge on any atom is 0.341 e. The van der Waals surface area contributed by atoms with E-state index in [0.717, 1.165) is 12.1 Å². The Hall–Kier alpha value is -2.55. The van der Waals surface area contributed by atoms with Crippen LogP contribution in [0.25, 0.3) is 0 Å². The molecular weight excluding hydrogens is 328 g/mol. The third-order valence-corrected chi connectivity index (χ3v) is 4.20. The van der Waals surface area contributed by atoms with Crippen molar-refractivity contribution < 1.29 is 22.0 Å². The molecule has 1 heterocycles. The van der Waals surface area contributed by atoms with Gasteiger partial charge in [0.15, 0.2) is 0 Å². The van der Waals surface area contributed by atoms with Gasteiger partial charge in [-0.3, -0.25) is 4.79 Å². The van der Waals surface area contributed by atoms with Gasteiger partial charge in [0.1, 0.15) is 5.82 Å². The van der Waals surface area contributed by atoms with Gasteiger partial charge in [0.25, 0.3) is 0 Å². The predicted molar refractivity (Wildman–Crippen MR) is 81.0 cm³/mol. The Morgan fingerprint density at radius 2 is 1.83 bits per heavy atom. The number of alkyl halides is 2. The number of pyridine rings is 1. The van der Waals surface area contributed by atoms with E-state index < -0.39 is 20.5 Å². The minimum absolute atomic E-state index is 0.0858. The highest BCUT2D eigenvalue weighted by Crippen LogP contribution is 2.20. The van der Waals surface area contributed by atoms with E-state index in [0.29, 0.717) is 11.5 Å². The van der Waals surface area contributed by atoms with Crippen molar-refractivity contribution in [2.45, 2.75) is 10.7 Å². The molecule has 2 N–H and O–H groups in total. The number of carbonyl (C=O) groups is 1. The summed E-state index contributed by atoms with van der Waals surface area (Å²) in [6, 6.07) is 9.79. The summed E-state index contributed by atoms with van der Waals surface area (Å²) in [5, 5.41) is 5.31. The number of rotatable bonds is 6. The van der Waals surface area contributed by atoms with Gasteiger partial charge in [0.05, 0.1) is 11.4 Å². The van der Waals surface area contributed by atoms with Crippen molar-refractivity contribution in [2.24, 2.45) is 0 Å². The maximum atomic E-state index is 12.4. The molecule has 1 aromatic heterocycles. The minimum Gasteiger partial charge on any atom is -0.376 e. The van der Waals surface area contributed by atoms with Crippen molar-refractivity contribution in [3.05, 3.63) is 48.7 Å². The summed E-state index contributed by atoms with van der Waals surface area (Å²) in [6.07, 6.45) is 1.53. The van der Waals surface area contributed by atoms with Crippen molar-refractivity contribution in [1.29, 1.82) is 0 Å². The van der Waals surface area contributed by atoms with Gasteiger partial charge in [0.2, 0.25) is 15.7 Å². The number of amides is 1. The quantitative estimate of drug-likeness (QED) is 0.840. The van der Waals surface area contributed by atoms with Crippen LogP contribution in [-0.2, 0) is 14.6 Å². The zero-order chi connectivity index (χ0) is 16.9. The number of sulfone groups is 1. The largest absolute Gasteiger partial charge is 0.376 e. The molecule has 0 saturated carbocycles. The molecule has 0 aliphatic carbocycles. The molecule has 23 heavy (non-hydrogen) atoms. The molecule has 9 heteroatoms. The molecule has 0 unspecified atom stereocenters. The molecule has 0 spiro atoms. The molecule has 2 aromatic rings. The van der Waals surface area contributed by atoms with E-state index >= 15 is 0 Å². The van der Waals surface area contributed by atoms with Crippen molar-refractivity contribution in [2.75, 3.05) is 17.2 Å². The zero-order valence-electron chi connectivity index (χ0n) is 11.7. The van der Waals surface area contributed by atoms with Gasteiger partial charge in [-0.15, -0.1) is 0 Å². The highest BCUT2D eigenvalue weighted by molar-refractivity contribution is 7.91. The van der Waals surface area contributed by atoms with Crippen LogP contribution in [0, 0.1) is 0 Å². The lowest BCUT2D eigenvalue weighted by molar-refractivity contribution is -0.114. The second-order valence-electron chi connectivity index (χ2n) is 4.45. The van der Waals surface area contributed by atoms with E-state index in [1.54, 1.807) is 18.2 Å². The number of halogens is 2. The molecule has 122 valence electrons. The highest BCUT2D eigenvalue weighted by atomic mass is 32.2. The number of nitrogens with zero attached hydrogens (tertiary/aromatic N) is 1. The SMILES string of the molecule is O=C(CNc1ccc(S(=O)(=O)C(F)F)cc1)Nc1ccccn1. The first-order valence-corrected chi connectivity index (χ1v) is 8.01. The second kappa shape index (κ2) is 7.14. The summed E-state index contributed by atoms with van der Waals surface area (Å²) >= 11 is 0. The lowest BCUT2D eigenvalue weighted by atomic mass is 10.3. The lowest BCUT2D eigenvalue weighted by Gasteiger charge is -2.08. The maximum absolute atomic E-state index is 12.4. The van der Waals surface area contributed by atoms with Crippen LogP contribution < -0.4 is 10.6 Å². The third kappa shape index (κ3) is 4.46. The molecule has 0 atom stereocenters. The van der Waals surface area contributed by atoms with Crippen molar-refractivity contribution >= 4 is 27.2 Å². The average Bonchev–Trinajstić information content (AvgIpc) is 2.54. The topological polar surface area (TPSA) is 88.2 Å². The number of carbonyl (C=O) groups excluding carboxylic acids is 1. The van der Waals surface area contributed by atoms with E-state index in [-0.39, 0.29) is 12.5 Å². The molecule has 1 aromatic carbocycles. The number of anilines is 2. The van der Waals surface area contributed by atoms with Crippen LogP contribution in [0.1, 0.15) is 0 Å². The first-order valence-electron chi connectivity index (χ1n) is 6.46. The molecule has 0 aliphatic rings. The van der Waals surface area contributed by atoms with Crippen LogP contribution in [0.4, 0.5) is 20.3 Å². The van der Waals surface area contributed by atoms with Crippen LogP contribution in [0.5, 0.6) is 0 Å². The average molecular weight is 341 g/mol. The Balaban J connectivity index is 1.93. The Morgan fingerprint density at radius 1 is 1.13 bits per heavy atom. The predicted octanol–water partition coefficient (Wildman–Crippen LogP) is 2.13. The van der Waals surface area contributed by atoms with E-state index in [9.17, 15) is 22.0 Å². The first kappa shape index (κ1) is 16.8. The van der Waals surface area contributed by atoms with E-state index in [1.165, 1.54) is 18.3 Å². The summed E-state index contributed by atoms with van der Waals surface area (Å²) in [5.41, 5.74) is 0.425. The summed E-state index contributed by atoms with van der Waals surface area (Å²) in [7, 11) is -4.61. The van der Waals surface area contributed by atoms with Crippen LogP contribution >= 0.6 is 0 Å². The van der Waals surface area contributed by atoms with E-state index in [4.69, 9.17) is 0 Å². The van der Waals surface area contributed by atoms with Crippen LogP contribution in [0.3, 0.4) is 0 Å². The lowest BCUT2D eigenvalue weighted by Crippen LogP contribution is -2.22. The van der Waals surface area contributed by atoms with Gasteiger partial charge in [-0.1, -0.05) is 6.07 Å². The summed E-state index contributed by atoms with van der Waals surface area (Å²) < 4.78 is 47.3. The molecule has 0 saturated heterocycles. The van der Waals surface area contributed by atoms with Crippen LogP contribution in [-0.4, -0.2) is 31.6 Å². The van der Waals surface area contributed by atoms with Gasteiger partial charge in [-0.25, -0.2) is 13.4 Å². The summed E-state index contributed by atoms with van der Waals surface area (Å²) in [5.74, 6) is -3.42. The normalized spacial score (nSPS) is 11.3. The molecule has 0 aliphatic heterocycles. The van der Waals surface area contributed by atoms with Crippen LogP contribution in [0.15, 0.2) is 53.6 Å². The summed E-state index contributed by atoms with van der Waals surface area (Å²) in [6.45, 7) is -0.0858. The molecule has 6 nitrogen and oxygen atoms in total. The molecule has 0 fully saturated rings. The minimum atomic E-state index is -4.61. The van der Waals surface area contributed by atoms with E-state index in [2.05, 4.69) is 15.6 Å². The number of hydrogen-bond donors (Lipinski definition) is 2. The van der Waals surface area contributed by atoms with Gasteiger partial charge in [0, 0.05) is 11.9 Å². The van der Waals surface area contributed by atoms with Gasteiger partial charge in [-0.2, -0.15) is 8.78 Å². The fraction of sp³-hybridized carbons (Fsp3) is 0.143. The standard InChI is InChI=1S/C14H13F2N3O3S/c15-14(16)23(21,22)11-6-4-10(5-7-11)18-9-13(20)19-12-3-1-2-8-17-12/h1-8,14,18H,9H2,(H,17,19,20). The fourth-order valence-corrected chi connectivity index (χ4v) is 2.39. The number of nitrogens with one attached hydrogen (secondary N) is 2. The third-order valence-electron chi connectivity index (χ3n) is 2.80. The highest BCUT2D eigenvalue weighted by Gasteiger charge is 2.26. The number of aromatic nitrogens is 1. The Labute approximate surface area is 131 Å². The first-order chi connectivity index (χ1) is 10.9. The monoisotopic (exact) mass is 341 g/mol. The van der Waals surface area contributed by atoms with E-state index in [1.807, 2.05) is 0 Å². The van der Waals surface area contributed by atoms with Gasteiger partial charge < -0.3 is 10.6 Å². The van der Waals surface area contributed by atoms with Gasteiger partial charge >= 0.3 is 5.76 Å². The molecular formula is C14H13F2N3O3S. The van der Waals surface area contributed by atoms with Crippen molar-refractivity contribution in [3.63, 3.8) is 0 Å². The van der Waals surface area contributed by atoms with Crippen molar-refractivity contribution in [1.82, 2.24) is 4.98 Å². The molecule has 1 amide bonds. The second-order valence-corrected chi connectivity index (χ2v) is 6.36. The fourth-order valence-electron chi connectivity index (χ4n) is 1.67. The summed E-state index contributed by atoms with van der Waals surface area (Å²) in [4.78, 5) is 15.1. The Bertz CT molecular complexity index is 766. The Morgan fingerprint density at radius 3 is 2.39 bits per heavy atom. The molecule has 0 radical (unpaired) electrons. The molecule has 0 bridgehead atoms.